The maximum Gasteiger partial charge on any atom is 0.252 e. The van der Waals surface area contributed by atoms with Crippen LogP contribution < -0.4 is 15.5 Å². The third-order valence-electron chi connectivity index (χ3n) is 3.78. The van der Waals surface area contributed by atoms with E-state index in [4.69, 9.17) is 4.74 Å². The van der Waals surface area contributed by atoms with Gasteiger partial charge in [0.05, 0.1) is 13.3 Å². The van der Waals surface area contributed by atoms with Crippen LogP contribution in [0.15, 0.2) is 59.7 Å². The molecule has 0 heterocycles. The van der Waals surface area contributed by atoms with Crippen LogP contribution in [0.5, 0.6) is 5.75 Å². The smallest absolute Gasteiger partial charge is 0.252 e. The Balaban J connectivity index is 2.00. The average Bonchev–Trinajstić information content (AvgIpc) is 2.63. The zero-order chi connectivity index (χ0) is 18.9. The van der Waals surface area contributed by atoms with Gasteiger partial charge in [-0.1, -0.05) is 44.2 Å². The van der Waals surface area contributed by atoms with Crippen LogP contribution in [0, 0.1) is 11.8 Å². The van der Waals surface area contributed by atoms with Gasteiger partial charge in [-0.25, -0.2) is 5.43 Å². The lowest BCUT2D eigenvalue weighted by Gasteiger charge is -2.18. The fourth-order valence-corrected chi connectivity index (χ4v) is 2.40. The molecule has 2 aromatic rings. The molecule has 2 N–H and O–H groups in total. The second-order valence-corrected chi connectivity index (χ2v) is 6.08. The van der Waals surface area contributed by atoms with E-state index in [0.29, 0.717) is 11.4 Å². The van der Waals surface area contributed by atoms with Crippen LogP contribution in [0.3, 0.4) is 0 Å². The lowest BCUT2D eigenvalue weighted by atomic mass is 9.94. The molecular weight excluding hydrogens is 330 g/mol. The molecule has 0 aliphatic heterocycles. The molecule has 26 heavy (non-hydrogen) atoms. The molecule has 2 aromatic carbocycles. The fourth-order valence-electron chi connectivity index (χ4n) is 2.40. The number of anilines is 1. The summed E-state index contributed by atoms with van der Waals surface area (Å²) in [6.45, 7) is 3.64. The number of hydrazone groups is 1. The van der Waals surface area contributed by atoms with E-state index < -0.39 is 11.8 Å². The number of rotatable bonds is 7. The molecule has 0 aliphatic rings. The summed E-state index contributed by atoms with van der Waals surface area (Å²) in [5.74, 6) is -1.17. The van der Waals surface area contributed by atoms with Crippen LogP contribution in [0.1, 0.15) is 19.4 Å². The van der Waals surface area contributed by atoms with Crippen molar-refractivity contribution in [1.29, 1.82) is 0 Å². The van der Waals surface area contributed by atoms with Crippen LogP contribution in [0.2, 0.25) is 0 Å². The molecule has 6 nitrogen and oxygen atoms in total. The largest absolute Gasteiger partial charge is 0.497 e. The van der Waals surface area contributed by atoms with Crippen LogP contribution in [0.25, 0.3) is 0 Å². The van der Waals surface area contributed by atoms with Gasteiger partial charge in [0.25, 0.3) is 5.91 Å². The van der Waals surface area contributed by atoms with Gasteiger partial charge in [-0.15, -0.1) is 0 Å². The monoisotopic (exact) mass is 353 g/mol. The molecule has 1 atom stereocenters. The van der Waals surface area contributed by atoms with Crippen molar-refractivity contribution in [3.8, 4) is 5.75 Å². The van der Waals surface area contributed by atoms with Crippen molar-refractivity contribution in [3.63, 3.8) is 0 Å². The molecule has 0 aliphatic carbocycles. The van der Waals surface area contributed by atoms with Crippen molar-refractivity contribution in [2.45, 2.75) is 13.8 Å². The molecule has 0 bridgehead atoms. The first-order chi connectivity index (χ1) is 12.5. The summed E-state index contributed by atoms with van der Waals surface area (Å²) in [7, 11) is 1.57. The van der Waals surface area contributed by atoms with Gasteiger partial charge in [-0.05, 0) is 35.7 Å². The SMILES string of the molecule is COc1ccc(NC(=O)C(C(=O)NN=Cc2ccccc2)C(C)C)cc1. The van der Waals surface area contributed by atoms with Gasteiger partial charge in [-0.2, -0.15) is 5.10 Å². The Morgan fingerprint density at radius 2 is 1.65 bits per heavy atom. The summed E-state index contributed by atoms with van der Waals surface area (Å²) in [5, 5.41) is 6.69. The number of hydrogen-bond acceptors (Lipinski definition) is 4. The molecule has 6 heteroatoms. The summed E-state index contributed by atoms with van der Waals surface area (Å²) in [6, 6.07) is 16.3. The van der Waals surface area contributed by atoms with Crippen LogP contribution >= 0.6 is 0 Å². The standard InChI is InChI=1S/C20H23N3O3/c1-14(2)18(19(24)22-16-9-11-17(26-3)12-10-16)20(25)23-21-13-15-7-5-4-6-8-15/h4-14,18H,1-3H3,(H,22,24)(H,23,25). The number of amides is 2. The van der Waals surface area contributed by atoms with E-state index in [-0.39, 0.29) is 11.8 Å². The summed E-state index contributed by atoms with van der Waals surface area (Å²) < 4.78 is 5.09. The van der Waals surface area contributed by atoms with Crippen LogP contribution in [0.4, 0.5) is 5.69 Å². The highest BCUT2D eigenvalue weighted by Gasteiger charge is 2.29. The number of nitrogens with one attached hydrogen (secondary N) is 2. The van der Waals surface area contributed by atoms with E-state index in [1.807, 2.05) is 44.2 Å². The third-order valence-corrected chi connectivity index (χ3v) is 3.78. The molecule has 0 saturated carbocycles. The summed E-state index contributed by atoms with van der Waals surface area (Å²) in [4.78, 5) is 24.9. The van der Waals surface area contributed by atoms with E-state index in [0.717, 1.165) is 5.56 Å². The van der Waals surface area contributed by atoms with Gasteiger partial charge in [-0.3, -0.25) is 9.59 Å². The quantitative estimate of drug-likeness (QED) is 0.456. The topological polar surface area (TPSA) is 79.8 Å². The summed E-state index contributed by atoms with van der Waals surface area (Å²) >= 11 is 0. The molecule has 0 saturated heterocycles. The van der Waals surface area contributed by atoms with Gasteiger partial charge in [0, 0.05) is 5.69 Å². The van der Waals surface area contributed by atoms with Crippen molar-refractivity contribution >= 4 is 23.7 Å². The number of ether oxygens (including phenoxy) is 1. The molecule has 2 rings (SSSR count). The Bertz CT molecular complexity index is 756. The van der Waals surface area contributed by atoms with Gasteiger partial charge in [0.2, 0.25) is 5.91 Å². The number of nitrogens with zero attached hydrogens (tertiary/aromatic N) is 1. The number of methoxy groups -OCH3 is 1. The van der Waals surface area contributed by atoms with Gasteiger partial charge in [0.1, 0.15) is 11.7 Å². The minimum Gasteiger partial charge on any atom is -0.497 e. The van der Waals surface area contributed by atoms with Crippen molar-refractivity contribution in [1.82, 2.24) is 5.43 Å². The zero-order valence-corrected chi connectivity index (χ0v) is 15.1. The lowest BCUT2D eigenvalue weighted by Crippen LogP contribution is -2.39. The molecular formula is C20H23N3O3. The maximum atomic E-state index is 12.5. The molecule has 1 unspecified atom stereocenters. The normalized spacial score (nSPS) is 12.0. The first-order valence-corrected chi connectivity index (χ1v) is 8.34. The van der Waals surface area contributed by atoms with E-state index in [9.17, 15) is 9.59 Å². The first kappa shape index (κ1) is 19.2. The molecule has 136 valence electrons. The van der Waals surface area contributed by atoms with Gasteiger partial charge < -0.3 is 10.1 Å². The summed E-state index contributed by atoms with van der Waals surface area (Å²) in [5.41, 5.74) is 3.90. The molecule has 2 amide bonds. The van der Waals surface area contributed by atoms with Crippen molar-refractivity contribution in [2.75, 3.05) is 12.4 Å². The molecule has 0 radical (unpaired) electrons. The number of carbonyl (C=O) groups excluding carboxylic acids is 2. The zero-order valence-electron chi connectivity index (χ0n) is 15.1. The Kier molecular flexibility index (Phi) is 6.91. The van der Waals surface area contributed by atoms with E-state index in [1.54, 1.807) is 31.4 Å². The molecule has 0 fully saturated rings. The molecule has 0 spiro atoms. The summed E-state index contributed by atoms with van der Waals surface area (Å²) in [6.07, 6.45) is 1.54. The fraction of sp³-hybridized carbons (Fsp3) is 0.250. The minimum absolute atomic E-state index is 0.180. The van der Waals surface area contributed by atoms with Gasteiger partial charge >= 0.3 is 0 Å². The van der Waals surface area contributed by atoms with Crippen LogP contribution in [-0.2, 0) is 9.59 Å². The second-order valence-electron chi connectivity index (χ2n) is 6.08. The average molecular weight is 353 g/mol. The Morgan fingerprint density at radius 3 is 2.23 bits per heavy atom. The number of carbonyl (C=O) groups is 2. The van der Waals surface area contributed by atoms with Gasteiger partial charge in [0.15, 0.2) is 0 Å². The highest BCUT2D eigenvalue weighted by molar-refractivity contribution is 6.06. The predicted molar refractivity (Wildman–Crippen MR) is 102 cm³/mol. The van der Waals surface area contributed by atoms with E-state index in [1.165, 1.54) is 6.21 Å². The predicted octanol–water partition coefficient (Wildman–Crippen LogP) is 3.06. The van der Waals surface area contributed by atoms with E-state index in [2.05, 4.69) is 15.8 Å². The lowest BCUT2D eigenvalue weighted by molar-refractivity contribution is -0.134. The first-order valence-electron chi connectivity index (χ1n) is 8.34. The highest BCUT2D eigenvalue weighted by Crippen LogP contribution is 2.18. The Morgan fingerprint density at radius 1 is 1.00 bits per heavy atom. The number of hydrogen-bond donors (Lipinski definition) is 2. The van der Waals surface area contributed by atoms with E-state index >= 15 is 0 Å². The molecule has 0 aromatic heterocycles. The minimum atomic E-state index is -0.856. The highest BCUT2D eigenvalue weighted by atomic mass is 16.5. The Hall–Kier alpha value is -3.15. The van der Waals surface area contributed by atoms with Crippen molar-refractivity contribution in [2.24, 2.45) is 16.9 Å². The Labute approximate surface area is 153 Å². The van der Waals surface area contributed by atoms with Crippen LogP contribution in [-0.4, -0.2) is 25.1 Å². The maximum absolute atomic E-state index is 12.5. The third kappa shape index (κ3) is 5.44. The second kappa shape index (κ2) is 9.36. The van der Waals surface area contributed by atoms with Crippen molar-refractivity contribution < 1.29 is 14.3 Å². The van der Waals surface area contributed by atoms with Crippen molar-refractivity contribution in [3.05, 3.63) is 60.2 Å². The number of benzene rings is 2.